The molecule has 1 heterocycles. The zero-order valence-electron chi connectivity index (χ0n) is 11.8. The Morgan fingerprint density at radius 3 is 2.68 bits per heavy atom. The maximum Gasteiger partial charge on any atom is 0.124 e. The van der Waals surface area contributed by atoms with Crippen LogP contribution in [0.25, 0.3) is 0 Å². The molecule has 19 heavy (non-hydrogen) atoms. The molecule has 0 amide bonds. The fraction of sp³-hybridized carbons (Fsp3) is 0.562. The molecule has 1 aliphatic rings. The third kappa shape index (κ3) is 3.32. The van der Waals surface area contributed by atoms with Crippen LogP contribution in [0.15, 0.2) is 29.2 Å². The van der Waals surface area contributed by atoms with Crippen molar-refractivity contribution in [1.82, 2.24) is 4.90 Å². The van der Waals surface area contributed by atoms with Crippen LogP contribution in [-0.2, 0) is 0 Å². The molecule has 1 aromatic rings. The molecule has 0 saturated carbocycles. The van der Waals surface area contributed by atoms with Gasteiger partial charge in [-0.2, -0.15) is 5.26 Å². The van der Waals surface area contributed by atoms with Gasteiger partial charge in [0.2, 0.25) is 0 Å². The first-order chi connectivity index (χ1) is 9.30. The highest BCUT2D eigenvalue weighted by Gasteiger charge is 2.28. The highest BCUT2D eigenvalue weighted by atomic mass is 32.2. The standard InChI is InChI=1S/C16H22N2S/c1-3-14-6-4-5-11-18(14)16(12-17)13-7-9-15(19-2)10-8-13/h7-10,14,16H,3-6,11H2,1-2H3. The molecule has 2 rings (SSSR count). The summed E-state index contributed by atoms with van der Waals surface area (Å²) in [6, 6.07) is 11.5. The Morgan fingerprint density at radius 2 is 2.11 bits per heavy atom. The topological polar surface area (TPSA) is 27.0 Å². The van der Waals surface area contributed by atoms with Crippen molar-refractivity contribution in [3.05, 3.63) is 29.8 Å². The first kappa shape index (κ1) is 14.4. The predicted molar refractivity (Wildman–Crippen MR) is 81.2 cm³/mol. The van der Waals surface area contributed by atoms with E-state index in [0.29, 0.717) is 6.04 Å². The van der Waals surface area contributed by atoms with Crippen LogP contribution in [0.5, 0.6) is 0 Å². The molecule has 1 aromatic carbocycles. The fourth-order valence-electron chi connectivity index (χ4n) is 2.93. The second-order valence-corrected chi connectivity index (χ2v) is 5.98. The summed E-state index contributed by atoms with van der Waals surface area (Å²) < 4.78 is 0. The van der Waals surface area contributed by atoms with E-state index < -0.39 is 0 Å². The lowest BCUT2D eigenvalue weighted by Gasteiger charge is -2.38. The number of hydrogen-bond acceptors (Lipinski definition) is 3. The number of hydrogen-bond donors (Lipinski definition) is 0. The van der Waals surface area contributed by atoms with E-state index in [1.54, 1.807) is 11.8 Å². The average molecular weight is 274 g/mol. The van der Waals surface area contributed by atoms with Gasteiger partial charge in [0.25, 0.3) is 0 Å². The van der Waals surface area contributed by atoms with Crippen LogP contribution in [0, 0.1) is 11.3 Å². The highest BCUT2D eigenvalue weighted by molar-refractivity contribution is 7.98. The van der Waals surface area contributed by atoms with Gasteiger partial charge < -0.3 is 0 Å². The molecular formula is C16H22N2S. The van der Waals surface area contributed by atoms with Crippen LogP contribution in [-0.4, -0.2) is 23.7 Å². The van der Waals surface area contributed by atoms with Gasteiger partial charge in [0, 0.05) is 17.5 Å². The molecule has 0 radical (unpaired) electrons. The molecular weight excluding hydrogens is 252 g/mol. The van der Waals surface area contributed by atoms with E-state index in [1.165, 1.54) is 24.2 Å². The molecule has 1 saturated heterocycles. The summed E-state index contributed by atoms with van der Waals surface area (Å²) >= 11 is 1.74. The van der Waals surface area contributed by atoms with Crippen molar-refractivity contribution >= 4 is 11.8 Å². The van der Waals surface area contributed by atoms with E-state index in [1.807, 2.05) is 0 Å². The molecule has 1 aliphatic heterocycles. The smallest absolute Gasteiger partial charge is 0.124 e. The molecule has 0 aliphatic carbocycles. The van der Waals surface area contributed by atoms with Crippen LogP contribution in [0.2, 0.25) is 0 Å². The normalized spacial score (nSPS) is 21.8. The third-order valence-corrected chi connectivity index (χ3v) is 4.77. The number of likely N-dealkylation sites (tertiary alicyclic amines) is 1. The third-order valence-electron chi connectivity index (χ3n) is 4.03. The van der Waals surface area contributed by atoms with E-state index in [4.69, 9.17) is 0 Å². The van der Waals surface area contributed by atoms with E-state index in [9.17, 15) is 5.26 Å². The fourth-order valence-corrected chi connectivity index (χ4v) is 3.34. The highest BCUT2D eigenvalue weighted by Crippen LogP contribution is 2.30. The van der Waals surface area contributed by atoms with Gasteiger partial charge in [-0.05, 0) is 43.2 Å². The Kier molecular flexibility index (Phi) is 5.30. The molecule has 2 nitrogen and oxygen atoms in total. The summed E-state index contributed by atoms with van der Waals surface area (Å²) in [5.41, 5.74) is 1.14. The minimum Gasteiger partial charge on any atom is -0.281 e. The monoisotopic (exact) mass is 274 g/mol. The molecule has 0 bridgehead atoms. The van der Waals surface area contributed by atoms with Crippen molar-refractivity contribution in [2.45, 2.75) is 49.6 Å². The minimum absolute atomic E-state index is 0.0823. The maximum atomic E-state index is 9.57. The average Bonchev–Trinajstić information content (AvgIpc) is 2.49. The largest absolute Gasteiger partial charge is 0.281 e. The molecule has 2 unspecified atom stereocenters. The van der Waals surface area contributed by atoms with E-state index in [-0.39, 0.29) is 6.04 Å². The Balaban J connectivity index is 2.20. The van der Waals surface area contributed by atoms with Crippen molar-refractivity contribution in [2.75, 3.05) is 12.8 Å². The Bertz CT molecular complexity index is 435. The second-order valence-electron chi connectivity index (χ2n) is 5.10. The Labute approximate surface area is 120 Å². The van der Waals surface area contributed by atoms with Gasteiger partial charge in [-0.25, -0.2) is 0 Å². The second kappa shape index (κ2) is 6.98. The van der Waals surface area contributed by atoms with E-state index >= 15 is 0 Å². The molecule has 0 aromatic heterocycles. The molecule has 102 valence electrons. The van der Waals surface area contributed by atoms with Crippen molar-refractivity contribution in [3.8, 4) is 6.07 Å². The summed E-state index contributed by atoms with van der Waals surface area (Å²) in [4.78, 5) is 3.66. The van der Waals surface area contributed by atoms with Crippen LogP contribution >= 0.6 is 11.8 Å². The maximum absolute atomic E-state index is 9.57. The predicted octanol–water partition coefficient (Wildman–Crippen LogP) is 4.24. The van der Waals surface area contributed by atoms with Crippen LogP contribution < -0.4 is 0 Å². The molecule has 0 N–H and O–H groups in total. The number of nitrogens with zero attached hydrogens (tertiary/aromatic N) is 2. The van der Waals surface area contributed by atoms with Crippen molar-refractivity contribution in [2.24, 2.45) is 0 Å². The SMILES string of the molecule is CCC1CCCCN1C(C#N)c1ccc(SC)cc1. The van der Waals surface area contributed by atoms with Crippen molar-refractivity contribution in [3.63, 3.8) is 0 Å². The summed E-state index contributed by atoms with van der Waals surface area (Å²) in [5, 5.41) is 9.57. The first-order valence-electron chi connectivity index (χ1n) is 7.09. The Hall–Kier alpha value is -0.980. The number of piperidine rings is 1. The van der Waals surface area contributed by atoms with E-state index in [2.05, 4.69) is 48.4 Å². The van der Waals surface area contributed by atoms with Gasteiger partial charge in [0.15, 0.2) is 0 Å². The van der Waals surface area contributed by atoms with Gasteiger partial charge >= 0.3 is 0 Å². The molecule has 1 fully saturated rings. The number of nitriles is 1. The first-order valence-corrected chi connectivity index (χ1v) is 8.32. The number of thioether (sulfide) groups is 1. The van der Waals surface area contributed by atoms with Crippen LogP contribution in [0.3, 0.4) is 0 Å². The van der Waals surface area contributed by atoms with Gasteiger partial charge in [-0.15, -0.1) is 11.8 Å². The minimum atomic E-state index is -0.0823. The lowest BCUT2D eigenvalue weighted by molar-refractivity contribution is 0.117. The lowest BCUT2D eigenvalue weighted by Crippen LogP contribution is -2.41. The Morgan fingerprint density at radius 1 is 1.37 bits per heavy atom. The van der Waals surface area contributed by atoms with Gasteiger partial charge in [-0.1, -0.05) is 25.5 Å². The zero-order chi connectivity index (χ0) is 13.7. The summed E-state index contributed by atoms with van der Waals surface area (Å²) in [6.45, 7) is 3.29. The quantitative estimate of drug-likeness (QED) is 0.768. The van der Waals surface area contributed by atoms with Crippen molar-refractivity contribution < 1.29 is 0 Å². The van der Waals surface area contributed by atoms with Gasteiger partial charge in [0.05, 0.1) is 6.07 Å². The van der Waals surface area contributed by atoms with E-state index in [0.717, 1.165) is 18.5 Å². The zero-order valence-corrected chi connectivity index (χ0v) is 12.6. The number of benzene rings is 1. The lowest BCUT2D eigenvalue weighted by atomic mass is 9.95. The summed E-state index contributed by atoms with van der Waals surface area (Å²) in [6.07, 6.45) is 6.98. The number of rotatable bonds is 4. The molecule has 3 heteroatoms. The van der Waals surface area contributed by atoms with Crippen molar-refractivity contribution in [1.29, 1.82) is 5.26 Å². The van der Waals surface area contributed by atoms with Gasteiger partial charge in [0.1, 0.15) is 6.04 Å². The molecule has 2 atom stereocenters. The summed E-state index contributed by atoms with van der Waals surface area (Å²) in [5.74, 6) is 0. The summed E-state index contributed by atoms with van der Waals surface area (Å²) in [7, 11) is 0. The van der Waals surface area contributed by atoms with Gasteiger partial charge in [-0.3, -0.25) is 4.90 Å². The van der Waals surface area contributed by atoms with Crippen LogP contribution in [0.4, 0.5) is 0 Å². The molecule has 0 spiro atoms. The van der Waals surface area contributed by atoms with Crippen LogP contribution in [0.1, 0.15) is 44.2 Å².